The molecule has 0 fully saturated rings. The molecule has 2 N–H and O–H groups in total. The van der Waals surface area contributed by atoms with E-state index in [1.54, 1.807) is 0 Å². The second kappa shape index (κ2) is 10.5. The minimum absolute atomic E-state index is 0.0715. The molecule has 9 nitrogen and oxygen atoms in total. The molecule has 3 aromatic carbocycles. The molecule has 1 aliphatic rings. The van der Waals surface area contributed by atoms with Gasteiger partial charge in [0.2, 0.25) is 0 Å². The third kappa shape index (κ3) is 5.21. The van der Waals surface area contributed by atoms with E-state index in [0.29, 0.717) is 5.56 Å². The van der Waals surface area contributed by atoms with Crippen LogP contribution in [0.3, 0.4) is 0 Å². The van der Waals surface area contributed by atoms with Crippen molar-refractivity contribution < 1.29 is 35.9 Å². The zero-order valence-corrected chi connectivity index (χ0v) is 22.6. The highest BCUT2D eigenvalue weighted by atomic mass is 35.5. The summed E-state index contributed by atoms with van der Waals surface area (Å²) in [5, 5.41) is 12.5. The maximum atomic E-state index is 15.2. The first-order valence-corrected chi connectivity index (χ1v) is 14.9. The van der Waals surface area contributed by atoms with Crippen LogP contribution in [0, 0.1) is 5.82 Å². The average molecular weight is 583 g/mol. The Labute approximate surface area is 224 Å². The van der Waals surface area contributed by atoms with Gasteiger partial charge >= 0.3 is 0 Å². The van der Waals surface area contributed by atoms with Crippen molar-refractivity contribution in [3.63, 3.8) is 0 Å². The number of rotatable bonds is 7. The number of hydrogen-bond donors (Lipinski definition) is 2. The van der Waals surface area contributed by atoms with E-state index in [-0.39, 0.29) is 37.6 Å². The van der Waals surface area contributed by atoms with E-state index in [1.165, 1.54) is 62.4 Å². The number of ether oxygens (including phenoxy) is 1. The lowest BCUT2D eigenvalue weighted by Crippen LogP contribution is -2.46. The first kappa shape index (κ1) is 27.8. The molecule has 2 atom stereocenters. The zero-order chi connectivity index (χ0) is 27.8. The lowest BCUT2D eigenvalue weighted by molar-refractivity contribution is 0.0915. The Kier molecular flexibility index (Phi) is 7.71. The maximum Gasteiger partial charge on any atom is 0.271 e. The summed E-state index contributed by atoms with van der Waals surface area (Å²) in [6.45, 7) is 2.46. The first-order chi connectivity index (χ1) is 17.9. The number of benzene rings is 3. The van der Waals surface area contributed by atoms with Crippen LogP contribution in [0.2, 0.25) is 5.02 Å². The van der Waals surface area contributed by atoms with Crippen LogP contribution in [-0.2, 0) is 19.9 Å². The fraction of sp³-hybridized carbons (Fsp3) is 0.240. The predicted octanol–water partition coefficient (Wildman–Crippen LogP) is 3.67. The molecule has 202 valence electrons. The smallest absolute Gasteiger partial charge is 0.271 e. The van der Waals surface area contributed by atoms with Gasteiger partial charge in [0.15, 0.2) is 16.1 Å². The van der Waals surface area contributed by atoms with E-state index < -0.39 is 50.5 Å². The van der Waals surface area contributed by atoms with Crippen molar-refractivity contribution in [3.05, 3.63) is 82.6 Å². The lowest BCUT2D eigenvalue weighted by Gasteiger charge is -2.35. The fourth-order valence-electron chi connectivity index (χ4n) is 4.02. The van der Waals surface area contributed by atoms with E-state index in [4.69, 9.17) is 16.3 Å². The third-order valence-corrected chi connectivity index (χ3v) is 9.90. The van der Waals surface area contributed by atoms with Gasteiger partial charge in [0.1, 0.15) is 16.5 Å². The van der Waals surface area contributed by atoms with E-state index in [2.05, 4.69) is 5.32 Å². The molecule has 4 rings (SSSR count). The summed E-state index contributed by atoms with van der Waals surface area (Å²) in [6.07, 6.45) is -1.08. The van der Waals surface area contributed by atoms with Crippen molar-refractivity contribution in [1.82, 2.24) is 5.32 Å². The van der Waals surface area contributed by atoms with Crippen LogP contribution in [0.1, 0.15) is 35.8 Å². The van der Waals surface area contributed by atoms with Gasteiger partial charge in [-0.05, 0) is 61.0 Å². The Morgan fingerprint density at radius 2 is 1.84 bits per heavy atom. The Hall–Kier alpha value is -3.19. The Morgan fingerprint density at radius 1 is 1.16 bits per heavy atom. The molecule has 0 spiro atoms. The molecule has 38 heavy (non-hydrogen) atoms. The summed E-state index contributed by atoms with van der Waals surface area (Å²) in [6, 6.07) is 12.2. The van der Waals surface area contributed by atoms with Crippen LogP contribution in [-0.4, -0.2) is 46.4 Å². The van der Waals surface area contributed by atoms with Crippen LogP contribution >= 0.6 is 11.6 Å². The van der Waals surface area contributed by atoms with Gasteiger partial charge in [0.25, 0.3) is 15.9 Å². The van der Waals surface area contributed by atoms with Crippen LogP contribution in [0.5, 0.6) is 5.75 Å². The highest BCUT2D eigenvalue weighted by molar-refractivity contribution is 7.93. The number of sulfonamides is 1. The van der Waals surface area contributed by atoms with Crippen molar-refractivity contribution in [1.29, 1.82) is 0 Å². The molecule has 2 unspecified atom stereocenters. The van der Waals surface area contributed by atoms with Gasteiger partial charge in [0.05, 0.1) is 29.0 Å². The fourth-order valence-corrected chi connectivity index (χ4v) is 6.84. The molecule has 0 bridgehead atoms. The minimum atomic E-state index is -4.23. The van der Waals surface area contributed by atoms with Crippen molar-refractivity contribution in [3.8, 4) is 5.75 Å². The number of carbonyl (C=O) groups excluding carboxylic acids is 1. The standard InChI is InChI=1S/C25H24ClFN2O7S2/c1-3-37(32,33)19-8-4-16(5-9-19)21(14-30)28-25(31)17-6-10-22(20(27)12-17)29-15(2)36-23-11-7-18(26)13-24(23)38(29,34)35/h4-13,15,21,30H,3,14H2,1-2H3,(H,28,31). The molecule has 1 aliphatic heterocycles. The summed E-state index contributed by atoms with van der Waals surface area (Å²) in [7, 11) is -7.65. The number of nitrogens with zero attached hydrogens (tertiary/aromatic N) is 1. The van der Waals surface area contributed by atoms with Crippen LogP contribution in [0.25, 0.3) is 0 Å². The van der Waals surface area contributed by atoms with Crippen LogP contribution in [0.15, 0.2) is 70.5 Å². The number of halogens is 2. The second-order valence-electron chi connectivity index (χ2n) is 8.46. The summed E-state index contributed by atoms with van der Waals surface area (Å²) in [5.41, 5.74) is -0.0110. The number of amides is 1. The van der Waals surface area contributed by atoms with Crippen molar-refractivity contribution in [2.24, 2.45) is 0 Å². The highest BCUT2D eigenvalue weighted by Crippen LogP contribution is 2.39. The topological polar surface area (TPSA) is 130 Å². The summed E-state index contributed by atoms with van der Waals surface area (Å²) in [4.78, 5) is 12.7. The predicted molar refractivity (Wildman–Crippen MR) is 139 cm³/mol. The number of anilines is 1. The molecule has 0 saturated heterocycles. The first-order valence-electron chi connectivity index (χ1n) is 11.4. The number of nitrogens with one attached hydrogen (secondary N) is 1. The monoisotopic (exact) mass is 582 g/mol. The molecule has 3 aromatic rings. The molecule has 0 aliphatic carbocycles. The maximum absolute atomic E-state index is 15.2. The van der Waals surface area contributed by atoms with Gasteiger partial charge in [-0.3, -0.25) is 4.79 Å². The van der Waals surface area contributed by atoms with Gasteiger partial charge < -0.3 is 15.2 Å². The normalized spacial score (nSPS) is 17.3. The van der Waals surface area contributed by atoms with Crippen molar-refractivity contribution in [2.75, 3.05) is 16.7 Å². The molecular formula is C25H24ClFN2O7S2. The van der Waals surface area contributed by atoms with Gasteiger partial charge in [-0.1, -0.05) is 30.7 Å². The SMILES string of the molecule is CCS(=O)(=O)c1ccc(C(CO)NC(=O)c2ccc(N3C(C)Oc4ccc(Cl)cc4S3(=O)=O)c(F)c2)cc1. The van der Waals surface area contributed by atoms with Gasteiger partial charge in [0, 0.05) is 10.6 Å². The Bertz CT molecular complexity index is 1600. The number of carbonyl (C=O) groups is 1. The molecule has 0 radical (unpaired) electrons. The summed E-state index contributed by atoms with van der Waals surface area (Å²) < 4.78 is 72.2. The Morgan fingerprint density at radius 3 is 2.45 bits per heavy atom. The molecule has 0 saturated carbocycles. The van der Waals surface area contributed by atoms with E-state index in [1.807, 2.05) is 0 Å². The minimum Gasteiger partial charge on any atom is -0.468 e. The summed E-state index contributed by atoms with van der Waals surface area (Å²) >= 11 is 5.95. The molecule has 13 heteroatoms. The van der Waals surface area contributed by atoms with Crippen LogP contribution < -0.4 is 14.4 Å². The quantitative estimate of drug-likeness (QED) is 0.435. The molecular weight excluding hydrogens is 559 g/mol. The van der Waals surface area contributed by atoms with Crippen molar-refractivity contribution in [2.45, 2.75) is 35.9 Å². The average Bonchev–Trinajstić information content (AvgIpc) is 2.88. The highest BCUT2D eigenvalue weighted by Gasteiger charge is 2.39. The zero-order valence-electron chi connectivity index (χ0n) is 20.3. The third-order valence-electron chi connectivity index (χ3n) is 6.03. The molecule has 1 amide bonds. The van der Waals surface area contributed by atoms with E-state index >= 15 is 4.39 Å². The van der Waals surface area contributed by atoms with Crippen LogP contribution in [0.4, 0.5) is 10.1 Å². The van der Waals surface area contributed by atoms with Gasteiger partial charge in [-0.25, -0.2) is 25.5 Å². The largest absolute Gasteiger partial charge is 0.468 e. The number of hydrogen-bond acceptors (Lipinski definition) is 7. The number of aliphatic hydroxyl groups excluding tert-OH is 1. The molecule has 0 aromatic heterocycles. The number of fused-ring (bicyclic) bond motifs is 1. The van der Waals surface area contributed by atoms with Crippen molar-refractivity contribution >= 4 is 43.1 Å². The lowest BCUT2D eigenvalue weighted by atomic mass is 10.1. The molecule has 1 heterocycles. The van der Waals surface area contributed by atoms with Gasteiger partial charge in [-0.15, -0.1) is 0 Å². The number of sulfone groups is 1. The second-order valence-corrected chi connectivity index (χ2v) is 13.0. The summed E-state index contributed by atoms with van der Waals surface area (Å²) in [5.74, 6) is -1.71. The Balaban J connectivity index is 1.58. The van der Waals surface area contributed by atoms with Gasteiger partial charge in [-0.2, -0.15) is 0 Å². The number of aliphatic hydroxyl groups is 1. The van der Waals surface area contributed by atoms with E-state index in [9.17, 15) is 26.7 Å². The van der Waals surface area contributed by atoms with E-state index in [0.717, 1.165) is 16.4 Å².